The molecule has 90 valence electrons. The fourth-order valence-corrected chi connectivity index (χ4v) is 1.47. The van der Waals surface area contributed by atoms with E-state index in [-0.39, 0.29) is 6.42 Å². The van der Waals surface area contributed by atoms with Gasteiger partial charge in [-0.25, -0.2) is 0 Å². The largest absolute Gasteiger partial charge is 0.496 e. The summed E-state index contributed by atoms with van der Waals surface area (Å²) in [6.45, 7) is 1.83. The minimum Gasteiger partial charge on any atom is -0.496 e. The van der Waals surface area contributed by atoms with E-state index in [9.17, 15) is 13.9 Å². The summed E-state index contributed by atoms with van der Waals surface area (Å²) >= 11 is 4.74. The predicted octanol–water partition coefficient (Wildman–Crippen LogP) is 2.74. The summed E-state index contributed by atoms with van der Waals surface area (Å²) in [4.78, 5) is 0. The van der Waals surface area contributed by atoms with Gasteiger partial charge in [0.25, 0.3) is 0 Å². The van der Waals surface area contributed by atoms with Crippen LogP contribution in [0.4, 0.5) is 8.78 Å². The number of ether oxygens (including phenoxy) is 1. The van der Waals surface area contributed by atoms with Crippen molar-refractivity contribution in [2.45, 2.75) is 24.8 Å². The Balaban J connectivity index is 2.91. The molecule has 0 radical (unpaired) electrons. The zero-order valence-electron chi connectivity index (χ0n) is 9.01. The molecule has 0 bridgehead atoms. The lowest BCUT2D eigenvalue weighted by molar-refractivity contribution is -0.0399. The van der Waals surface area contributed by atoms with Gasteiger partial charge >= 0.3 is 5.38 Å². The van der Waals surface area contributed by atoms with Crippen LogP contribution in [0.1, 0.15) is 11.1 Å². The van der Waals surface area contributed by atoms with Gasteiger partial charge in [0.1, 0.15) is 11.9 Å². The molecule has 0 fully saturated rings. The van der Waals surface area contributed by atoms with Gasteiger partial charge in [-0.15, -0.1) is 0 Å². The van der Waals surface area contributed by atoms with E-state index >= 15 is 0 Å². The van der Waals surface area contributed by atoms with Gasteiger partial charge in [-0.3, -0.25) is 0 Å². The molecule has 1 N–H and O–H groups in total. The van der Waals surface area contributed by atoms with Gasteiger partial charge < -0.3 is 9.84 Å². The Bertz CT molecular complexity index is 363. The fraction of sp³-hybridized carbons (Fsp3) is 0.455. The molecule has 5 heteroatoms. The average molecular weight is 251 g/mol. The van der Waals surface area contributed by atoms with Crippen molar-refractivity contribution in [1.29, 1.82) is 0 Å². The van der Waals surface area contributed by atoms with E-state index in [0.29, 0.717) is 11.3 Å². The highest BCUT2D eigenvalue weighted by molar-refractivity contribution is 6.22. The van der Waals surface area contributed by atoms with Crippen molar-refractivity contribution in [3.63, 3.8) is 0 Å². The van der Waals surface area contributed by atoms with Gasteiger partial charge in [0.2, 0.25) is 0 Å². The zero-order chi connectivity index (χ0) is 12.3. The number of methoxy groups -OCH3 is 1. The average Bonchev–Trinajstić information content (AvgIpc) is 2.16. The van der Waals surface area contributed by atoms with Crippen LogP contribution in [0, 0.1) is 6.92 Å². The molecule has 0 saturated carbocycles. The molecule has 1 aromatic rings. The highest BCUT2D eigenvalue weighted by Gasteiger charge is 2.35. The minimum atomic E-state index is -3.63. The summed E-state index contributed by atoms with van der Waals surface area (Å²) in [6.07, 6.45) is -2.17. The molecule has 0 saturated heterocycles. The van der Waals surface area contributed by atoms with Crippen molar-refractivity contribution < 1.29 is 18.6 Å². The second-order valence-electron chi connectivity index (χ2n) is 3.58. The van der Waals surface area contributed by atoms with Crippen LogP contribution in [0.25, 0.3) is 0 Å². The predicted molar refractivity (Wildman–Crippen MR) is 58.2 cm³/mol. The third-order valence-electron chi connectivity index (χ3n) is 2.23. The summed E-state index contributed by atoms with van der Waals surface area (Å²) in [6, 6.07) is 5.15. The number of benzene rings is 1. The maximum Gasteiger partial charge on any atom is 0.347 e. The van der Waals surface area contributed by atoms with Crippen molar-refractivity contribution >= 4 is 11.6 Å². The smallest absolute Gasteiger partial charge is 0.347 e. The van der Waals surface area contributed by atoms with Gasteiger partial charge in [0.15, 0.2) is 0 Å². The summed E-state index contributed by atoms with van der Waals surface area (Å²) in [7, 11) is 1.44. The molecule has 1 atom stereocenters. The monoisotopic (exact) mass is 250 g/mol. The van der Waals surface area contributed by atoms with Gasteiger partial charge in [-0.1, -0.05) is 17.7 Å². The molecule has 16 heavy (non-hydrogen) atoms. The lowest BCUT2D eigenvalue weighted by Crippen LogP contribution is -2.29. The number of hydrogen-bond acceptors (Lipinski definition) is 2. The lowest BCUT2D eigenvalue weighted by Gasteiger charge is -2.17. The van der Waals surface area contributed by atoms with Gasteiger partial charge in [0.05, 0.1) is 7.11 Å². The maximum absolute atomic E-state index is 12.6. The van der Waals surface area contributed by atoms with E-state index in [1.54, 1.807) is 18.2 Å². The van der Waals surface area contributed by atoms with Gasteiger partial charge in [-0.2, -0.15) is 8.78 Å². The quantitative estimate of drug-likeness (QED) is 0.833. The highest BCUT2D eigenvalue weighted by atomic mass is 35.5. The number of hydrogen-bond donors (Lipinski definition) is 1. The Kier molecular flexibility index (Phi) is 4.10. The maximum atomic E-state index is 12.6. The molecule has 0 aliphatic rings. The first kappa shape index (κ1) is 13.2. The topological polar surface area (TPSA) is 29.5 Å². The third kappa shape index (κ3) is 3.32. The molecule has 1 unspecified atom stereocenters. The highest BCUT2D eigenvalue weighted by Crippen LogP contribution is 2.29. The van der Waals surface area contributed by atoms with E-state index in [4.69, 9.17) is 16.3 Å². The van der Waals surface area contributed by atoms with Crippen molar-refractivity contribution in [2.75, 3.05) is 7.11 Å². The van der Waals surface area contributed by atoms with Crippen LogP contribution in [0.15, 0.2) is 18.2 Å². The van der Waals surface area contributed by atoms with Crippen LogP contribution in [0.3, 0.4) is 0 Å². The molecule has 1 rings (SSSR count). The zero-order valence-corrected chi connectivity index (χ0v) is 9.76. The van der Waals surface area contributed by atoms with Crippen LogP contribution in [-0.2, 0) is 6.42 Å². The van der Waals surface area contributed by atoms with E-state index < -0.39 is 11.5 Å². The molecule has 0 aliphatic carbocycles. The first-order valence-corrected chi connectivity index (χ1v) is 5.10. The van der Waals surface area contributed by atoms with Crippen molar-refractivity contribution in [3.8, 4) is 5.75 Å². The third-order valence-corrected chi connectivity index (χ3v) is 2.48. The summed E-state index contributed by atoms with van der Waals surface area (Å²) in [5, 5.41) is 5.58. The molecule has 0 amide bonds. The molecule has 0 spiro atoms. The Labute approximate surface area is 97.8 Å². The van der Waals surface area contributed by atoms with Crippen LogP contribution in [-0.4, -0.2) is 23.7 Å². The molecule has 0 heterocycles. The van der Waals surface area contributed by atoms with Crippen LogP contribution < -0.4 is 4.74 Å². The summed E-state index contributed by atoms with van der Waals surface area (Å²) < 4.78 is 30.2. The first-order valence-electron chi connectivity index (χ1n) is 4.73. The number of rotatable bonds is 4. The van der Waals surface area contributed by atoms with Gasteiger partial charge in [0, 0.05) is 6.42 Å². The lowest BCUT2D eigenvalue weighted by atomic mass is 10.0. The van der Waals surface area contributed by atoms with E-state index in [1.807, 2.05) is 6.92 Å². The molecular weight excluding hydrogens is 238 g/mol. The minimum absolute atomic E-state index is 0.249. The van der Waals surface area contributed by atoms with E-state index in [2.05, 4.69) is 0 Å². The standard InChI is InChI=1S/C11H13ClF2O2/c1-7-3-4-9(16-2)8(5-7)6-10(15)11(12,13)14/h3-5,10,15H,6H2,1-2H3. The Morgan fingerprint density at radius 2 is 2.12 bits per heavy atom. The fourth-order valence-electron chi connectivity index (χ4n) is 1.39. The Morgan fingerprint density at radius 1 is 1.50 bits per heavy atom. The molecule has 0 aliphatic heterocycles. The normalized spacial score (nSPS) is 13.6. The van der Waals surface area contributed by atoms with E-state index in [0.717, 1.165) is 5.56 Å². The number of aliphatic hydroxyl groups is 1. The number of aryl methyl sites for hydroxylation is 1. The summed E-state index contributed by atoms with van der Waals surface area (Å²) in [5.74, 6) is 0.463. The molecule has 1 aromatic carbocycles. The Hall–Kier alpha value is -0.870. The second-order valence-corrected chi connectivity index (χ2v) is 4.08. The number of aliphatic hydroxyl groups excluding tert-OH is 1. The molecule has 2 nitrogen and oxygen atoms in total. The first-order chi connectivity index (χ1) is 7.34. The van der Waals surface area contributed by atoms with Crippen molar-refractivity contribution in [3.05, 3.63) is 29.3 Å². The van der Waals surface area contributed by atoms with E-state index in [1.165, 1.54) is 7.11 Å². The van der Waals surface area contributed by atoms with Crippen LogP contribution in [0.2, 0.25) is 0 Å². The van der Waals surface area contributed by atoms with Gasteiger partial charge in [-0.05, 0) is 30.2 Å². The van der Waals surface area contributed by atoms with Crippen LogP contribution >= 0.6 is 11.6 Å². The van der Waals surface area contributed by atoms with Crippen LogP contribution in [0.5, 0.6) is 5.75 Å². The SMILES string of the molecule is COc1ccc(C)cc1CC(O)C(F)(F)Cl. The Morgan fingerprint density at radius 3 is 2.62 bits per heavy atom. The molecular formula is C11H13ClF2O2. The second kappa shape index (κ2) is 4.97. The number of halogens is 3. The summed E-state index contributed by atoms with van der Waals surface area (Å²) in [5.41, 5.74) is 1.41. The molecule has 0 aromatic heterocycles. The number of alkyl halides is 3. The van der Waals surface area contributed by atoms with Crippen molar-refractivity contribution in [1.82, 2.24) is 0 Å². The van der Waals surface area contributed by atoms with Crippen molar-refractivity contribution in [2.24, 2.45) is 0 Å².